The first kappa shape index (κ1) is 12.9. The topological polar surface area (TPSA) is 70.7 Å². The lowest BCUT2D eigenvalue weighted by molar-refractivity contribution is -0.112. The first-order valence-electron chi connectivity index (χ1n) is 6.87. The van der Waals surface area contributed by atoms with E-state index in [1.54, 1.807) is 0 Å². The first-order chi connectivity index (χ1) is 8.89. The Morgan fingerprint density at radius 3 is 2.74 bits per heavy atom. The zero-order chi connectivity index (χ0) is 13.9. The molecular weight excluding hydrogens is 244 g/mol. The second kappa shape index (κ2) is 3.93. The van der Waals surface area contributed by atoms with Gasteiger partial charge in [0.1, 0.15) is 0 Å². The van der Waals surface area contributed by atoms with Crippen LogP contribution in [0.2, 0.25) is 0 Å². The highest BCUT2D eigenvalue weighted by atomic mass is 16.3. The Bertz CT molecular complexity index is 532. The predicted molar refractivity (Wildman–Crippen MR) is 68.7 cm³/mol. The molecule has 3 rings (SSSR count). The van der Waals surface area contributed by atoms with E-state index in [0.29, 0.717) is 12.0 Å². The Morgan fingerprint density at radius 1 is 1.37 bits per heavy atom. The summed E-state index contributed by atoms with van der Waals surface area (Å²) in [7, 11) is 0. The van der Waals surface area contributed by atoms with Gasteiger partial charge in [-0.2, -0.15) is 0 Å². The van der Waals surface area contributed by atoms with E-state index in [-0.39, 0.29) is 17.5 Å². The van der Waals surface area contributed by atoms with Crippen LogP contribution < -0.4 is 0 Å². The minimum atomic E-state index is -0.756. The third-order valence-electron chi connectivity index (χ3n) is 5.40. The summed E-state index contributed by atoms with van der Waals surface area (Å²) < 4.78 is 5.33. The monoisotopic (exact) mass is 264 g/mol. The number of aliphatic hydroxyl groups is 2. The summed E-state index contributed by atoms with van der Waals surface area (Å²) in [6.07, 6.45) is 1.50. The van der Waals surface area contributed by atoms with E-state index in [2.05, 4.69) is 6.92 Å². The second-order valence-corrected chi connectivity index (χ2v) is 6.32. The van der Waals surface area contributed by atoms with Gasteiger partial charge in [0, 0.05) is 11.0 Å². The molecule has 1 saturated carbocycles. The zero-order valence-corrected chi connectivity index (χ0v) is 11.5. The van der Waals surface area contributed by atoms with Crippen LogP contribution in [-0.4, -0.2) is 22.1 Å². The number of carbonyl (C=O) groups is 1. The Kier molecular flexibility index (Phi) is 2.67. The molecular formula is C15H20O4. The van der Waals surface area contributed by atoms with Crippen molar-refractivity contribution in [1.82, 2.24) is 0 Å². The third kappa shape index (κ3) is 1.44. The highest BCUT2D eigenvalue weighted by molar-refractivity contribution is 5.99. The molecule has 19 heavy (non-hydrogen) atoms. The van der Waals surface area contributed by atoms with Gasteiger partial charge in [-0.3, -0.25) is 4.79 Å². The number of Topliss-reactive ketones (excluding diaryl/α,β-unsaturated/α-hetero) is 1. The number of furan rings is 1. The molecule has 0 unspecified atom stereocenters. The number of carbonyl (C=O) groups excluding carboxylic acids is 1. The fraction of sp³-hybridized carbons (Fsp3) is 0.667. The molecule has 4 heteroatoms. The summed E-state index contributed by atoms with van der Waals surface area (Å²) in [5, 5.41) is 21.0. The van der Waals surface area contributed by atoms with E-state index in [9.17, 15) is 15.0 Å². The fourth-order valence-corrected chi connectivity index (χ4v) is 3.95. The van der Waals surface area contributed by atoms with Gasteiger partial charge in [-0.25, -0.2) is 0 Å². The van der Waals surface area contributed by atoms with Gasteiger partial charge in [-0.15, -0.1) is 0 Å². The van der Waals surface area contributed by atoms with E-state index in [1.165, 1.54) is 6.26 Å². The summed E-state index contributed by atoms with van der Waals surface area (Å²) in [4.78, 5) is 12.6. The summed E-state index contributed by atoms with van der Waals surface area (Å²) in [5.74, 6) is -0.304. The molecule has 2 aliphatic carbocycles. The van der Waals surface area contributed by atoms with E-state index in [1.807, 2.05) is 13.8 Å². The standard InChI is InChI=1S/C15H20O4/c1-7-6-19-13-10(7)14(18)15(3)8(2)4-5-9(16)11(15)12(13)17/h6,8-9,11,14,16,18H,4-5H2,1-3H3/t8-,9-,11-,14+,15+/m0/s1. The lowest BCUT2D eigenvalue weighted by atomic mass is 9.53. The Hall–Kier alpha value is -1.13. The van der Waals surface area contributed by atoms with Crippen molar-refractivity contribution in [3.05, 3.63) is 23.2 Å². The maximum absolute atomic E-state index is 12.6. The number of aliphatic hydroxyl groups excluding tert-OH is 2. The van der Waals surface area contributed by atoms with Crippen molar-refractivity contribution >= 4 is 5.78 Å². The van der Waals surface area contributed by atoms with Gasteiger partial charge in [0.05, 0.1) is 24.4 Å². The van der Waals surface area contributed by atoms with Crippen molar-refractivity contribution in [3.63, 3.8) is 0 Å². The van der Waals surface area contributed by atoms with E-state index in [0.717, 1.165) is 12.0 Å². The number of aryl methyl sites for hydroxylation is 1. The van der Waals surface area contributed by atoms with Gasteiger partial charge >= 0.3 is 0 Å². The molecule has 1 aromatic rings. The van der Waals surface area contributed by atoms with Crippen molar-refractivity contribution in [3.8, 4) is 0 Å². The molecule has 104 valence electrons. The Balaban J connectivity index is 2.22. The average molecular weight is 264 g/mol. The minimum absolute atomic E-state index is 0.157. The average Bonchev–Trinajstić information content (AvgIpc) is 2.74. The predicted octanol–water partition coefficient (Wildman–Crippen LogP) is 2.23. The van der Waals surface area contributed by atoms with Gasteiger partial charge in [0.25, 0.3) is 0 Å². The molecule has 0 bridgehead atoms. The van der Waals surface area contributed by atoms with Gasteiger partial charge in [-0.05, 0) is 31.2 Å². The van der Waals surface area contributed by atoms with E-state index in [4.69, 9.17) is 4.42 Å². The lowest BCUT2D eigenvalue weighted by Crippen LogP contribution is -2.54. The molecule has 4 nitrogen and oxygen atoms in total. The Morgan fingerprint density at radius 2 is 2.05 bits per heavy atom. The molecule has 0 aromatic carbocycles. The van der Waals surface area contributed by atoms with Crippen LogP contribution in [0.15, 0.2) is 10.7 Å². The molecule has 0 aliphatic heterocycles. The molecule has 2 N–H and O–H groups in total. The van der Waals surface area contributed by atoms with Crippen LogP contribution in [0.25, 0.3) is 0 Å². The molecule has 0 spiro atoms. The zero-order valence-electron chi connectivity index (χ0n) is 11.5. The largest absolute Gasteiger partial charge is 0.461 e. The number of hydrogen-bond donors (Lipinski definition) is 2. The van der Waals surface area contributed by atoms with Crippen LogP contribution in [-0.2, 0) is 0 Å². The molecule has 0 saturated heterocycles. The summed E-state index contributed by atoms with van der Waals surface area (Å²) in [6, 6.07) is 0. The lowest BCUT2D eigenvalue weighted by Gasteiger charge is -2.52. The molecule has 1 aromatic heterocycles. The fourth-order valence-electron chi connectivity index (χ4n) is 3.95. The van der Waals surface area contributed by atoms with Crippen LogP contribution in [0, 0.1) is 24.2 Å². The van der Waals surface area contributed by atoms with Gasteiger partial charge in [0.15, 0.2) is 5.76 Å². The third-order valence-corrected chi connectivity index (χ3v) is 5.40. The molecule has 0 amide bonds. The molecule has 1 fully saturated rings. The summed E-state index contributed by atoms with van der Waals surface area (Å²) in [6.45, 7) is 5.81. The summed E-state index contributed by atoms with van der Waals surface area (Å²) >= 11 is 0. The van der Waals surface area contributed by atoms with Crippen LogP contribution in [0.1, 0.15) is 54.5 Å². The molecule has 5 atom stereocenters. The molecule has 0 radical (unpaired) electrons. The van der Waals surface area contributed by atoms with Crippen molar-refractivity contribution in [1.29, 1.82) is 0 Å². The number of ketones is 1. The normalized spacial score (nSPS) is 41.8. The number of hydrogen-bond acceptors (Lipinski definition) is 4. The van der Waals surface area contributed by atoms with Crippen molar-refractivity contribution in [2.24, 2.45) is 17.3 Å². The molecule has 2 aliphatic rings. The highest BCUT2D eigenvalue weighted by Gasteiger charge is 2.59. The highest BCUT2D eigenvalue weighted by Crippen LogP contribution is 2.57. The minimum Gasteiger partial charge on any atom is -0.461 e. The maximum atomic E-state index is 12.6. The van der Waals surface area contributed by atoms with Crippen LogP contribution in [0.4, 0.5) is 0 Å². The van der Waals surface area contributed by atoms with Gasteiger partial charge in [0.2, 0.25) is 5.78 Å². The molecule has 1 heterocycles. The van der Waals surface area contributed by atoms with Crippen LogP contribution in [0.5, 0.6) is 0 Å². The maximum Gasteiger partial charge on any atom is 0.204 e. The van der Waals surface area contributed by atoms with Gasteiger partial charge in [-0.1, -0.05) is 13.8 Å². The van der Waals surface area contributed by atoms with Crippen molar-refractivity contribution < 1.29 is 19.4 Å². The SMILES string of the molecule is Cc1coc2c1[C@@H](O)[C@@]1(C)[C@H](C2=O)[C@@H](O)CC[C@@H]1C. The van der Waals surface area contributed by atoms with Crippen molar-refractivity contribution in [2.45, 2.75) is 45.8 Å². The Labute approximate surface area is 112 Å². The quantitative estimate of drug-likeness (QED) is 0.754. The number of rotatable bonds is 0. The van der Waals surface area contributed by atoms with Crippen molar-refractivity contribution in [2.75, 3.05) is 0 Å². The summed E-state index contributed by atoms with van der Waals surface area (Å²) in [5.41, 5.74) is 0.809. The van der Waals surface area contributed by atoms with E-state index < -0.39 is 23.5 Å². The van der Waals surface area contributed by atoms with Gasteiger partial charge < -0.3 is 14.6 Å². The number of fused-ring (bicyclic) bond motifs is 2. The van der Waals surface area contributed by atoms with Crippen LogP contribution in [0.3, 0.4) is 0 Å². The van der Waals surface area contributed by atoms with E-state index >= 15 is 0 Å². The van der Waals surface area contributed by atoms with Crippen LogP contribution >= 0.6 is 0 Å². The second-order valence-electron chi connectivity index (χ2n) is 6.32. The first-order valence-corrected chi connectivity index (χ1v) is 6.87. The smallest absolute Gasteiger partial charge is 0.204 e.